The molecular formula is C21H25N3O3S. The van der Waals surface area contributed by atoms with Crippen molar-refractivity contribution in [2.45, 2.75) is 19.8 Å². The molecule has 2 aromatic carbocycles. The largest absolute Gasteiger partial charge is 0.494 e. The molecule has 0 aliphatic carbocycles. The highest BCUT2D eigenvalue weighted by Crippen LogP contribution is 2.14. The van der Waals surface area contributed by atoms with Crippen molar-refractivity contribution in [3.05, 3.63) is 59.7 Å². The molecule has 0 aliphatic rings. The lowest BCUT2D eigenvalue weighted by molar-refractivity contribution is -0.128. The highest BCUT2D eigenvalue weighted by molar-refractivity contribution is 7.80. The summed E-state index contributed by atoms with van der Waals surface area (Å²) >= 11 is 5.23. The summed E-state index contributed by atoms with van der Waals surface area (Å²) in [6.07, 6.45) is 1.08. The number of aryl methyl sites for hydroxylation is 1. The first-order chi connectivity index (χ1) is 13.4. The number of hydrogen-bond donors (Lipinski definition) is 2. The second-order valence-electron chi connectivity index (χ2n) is 6.35. The van der Waals surface area contributed by atoms with Crippen LogP contribution in [0.15, 0.2) is 48.5 Å². The van der Waals surface area contributed by atoms with Gasteiger partial charge in [0.1, 0.15) is 5.75 Å². The summed E-state index contributed by atoms with van der Waals surface area (Å²) < 4.78 is 5.37. The van der Waals surface area contributed by atoms with Crippen molar-refractivity contribution < 1.29 is 14.3 Å². The predicted molar refractivity (Wildman–Crippen MR) is 115 cm³/mol. The maximum atomic E-state index is 12.3. The zero-order valence-corrected chi connectivity index (χ0v) is 17.1. The molecule has 0 fully saturated rings. The van der Waals surface area contributed by atoms with E-state index in [1.807, 2.05) is 31.2 Å². The standard InChI is InChI=1S/C21H25N3O3S/c1-4-27-18-11-9-16(10-12-18)20(26)23-21(28)22-17-7-5-6-15(14-17)8-13-19(25)24(2)3/h5-7,9-12,14H,4,8,13H2,1-3H3,(H2,22,23,26,28). The smallest absolute Gasteiger partial charge is 0.257 e. The quantitative estimate of drug-likeness (QED) is 0.700. The van der Waals surface area contributed by atoms with E-state index >= 15 is 0 Å². The molecule has 2 N–H and O–H groups in total. The van der Waals surface area contributed by atoms with Crippen molar-refractivity contribution in [2.24, 2.45) is 0 Å². The number of carbonyl (C=O) groups is 2. The topological polar surface area (TPSA) is 70.7 Å². The van der Waals surface area contributed by atoms with Crippen LogP contribution < -0.4 is 15.4 Å². The Kier molecular flexibility index (Phi) is 7.95. The molecule has 0 spiro atoms. The average molecular weight is 400 g/mol. The van der Waals surface area contributed by atoms with E-state index in [-0.39, 0.29) is 16.9 Å². The summed E-state index contributed by atoms with van der Waals surface area (Å²) in [6.45, 7) is 2.47. The molecule has 0 aliphatic heterocycles. The number of amides is 2. The van der Waals surface area contributed by atoms with Crippen molar-refractivity contribution in [3.63, 3.8) is 0 Å². The molecule has 148 valence electrons. The minimum Gasteiger partial charge on any atom is -0.494 e. The summed E-state index contributed by atoms with van der Waals surface area (Å²) in [6, 6.07) is 14.5. The van der Waals surface area contributed by atoms with Crippen LogP contribution in [0.25, 0.3) is 0 Å². The van der Waals surface area contributed by atoms with Gasteiger partial charge in [-0.15, -0.1) is 0 Å². The van der Waals surface area contributed by atoms with E-state index in [0.29, 0.717) is 30.8 Å². The SMILES string of the molecule is CCOc1ccc(C(=O)NC(=S)Nc2cccc(CCC(=O)N(C)C)c2)cc1. The fourth-order valence-electron chi connectivity index (χ4n) is 2.49. The van der Waals surface area contributed by atoms with Crippen molar-refractivity contribution in [1.29, 1.82) is 0 Å². The lowest BCUT2D eigenvalue weighted by Gasteiger charge is -2.12. The number of anilines is 1. The lowest BCUT2D eigenvalue weighted by atomic mass is 10.1. The minimum atomic E-state index is -0.298. The summed E-state index contributed by atoms with van der Waals surface area (Å²) in [5, 5.41) is 5.87. The Bertz CT molecular complexity index is 835. The number of nitrogens with zero attached hydrogens (tertiary/aromatic N) is 1. The Hall–Kier alpha value is -2.93. The van der Waals surface area contributed by atoms with E-state index in [4.69, 9.17) is 17.0 Å². The number of rotatable bonds is 7. The third kappa shape index (κ3) is 6.66. The zero-order chi connectivity index (χ0) is 20.5. The highest BCUT2D eigenvalue weighted by atomic mass is 32.1. The number of thiocarbonyl (C=S) groups is 1. The van der Waals surface area contributed by atoms with Gasteiger partial charge in [0.05, 0.1) is 6.61 Å². The normalized spacial score (nSPS) is 10.1. The summed E-state index contributed by atoms with van der Waals surface area (Å²) in [5.74, 6) is 0.495. The van der Waals surface area contributed by atoms with Gasteiger partial charge in [0.2, 0.25) is 5.91 Å². The van der Waals surface area contributed by atoms with Gasteiger partial charge in [-0.1, -0.05) is 12.1 Å². The fourth-order valence-corrected chi connectivity index (χ4v) is 2.70. The molecule has 28 heavy (non-hydrogen) atoms. The Morgan fingerprint density at radius 1 is 1.11 bits per heavy atom. The van der Waals surface area contributed by atoms with Crippen molar-refractivity contribution in [2.75, 3.05) is 26.0 Å². The fraction of sp³-hybridized carbons (Fsp3) is 0.286. The summed E-state index contributed by atoms with van der Waals surface area (Å²) in [4.78, 5) is 25.6. The maximum absolute atomic E-state index is 12.3. The van der Waals surface area contributed by atoms with Gasteiger partial charge >= 0.3 is 0 Å². The van der Waals surface area contributed by atoms with Crippen LogP contribution >= 0.6 is 12.2 Å². The molecule has 6 nitrogen and oxygen atoms in total. The summed E-state index contributed by atoms with van der Waals surface area (Å²) in [7, 11) is 3.48. The van der Waals surface area contributed by atoms with Crippen molar-refractivity contribution in [3.8, 4) is 5.75 Å². The Morgan fingerprint density at radius 2 is 1.82 bits per heavy atom. The molecule has 0 saturated heterocycles. The van der Waals surface area contributed by atoms with Crippen LogP contribution in [0.3, 0.4) is 0 Å². The predicted octanol–water partition coefficient (Wildman–Crippen LogP) is 3.23. The molecule has 0 heterocycles. The van der Waals surface area contributed by atoms with E-state index in [1.165, 1.54) is 0 Å². The third-order valence-corrected chi connectivity index (χ3v) is 4.17. The summed E-state index contributed by atoms with van der Waals surface area (Å²) in [5.41, 5.74) is 2.26. The van der Waals surface area contributed by atoms with Gasteiger partial charge < -0.3 is 15.0 Å². The number of carbonyl (C=O) groups excluding carboxylic acids is 2. The van der Waals surface area contributed by atoms with Crippen LogP contribution in [-0.4, -0.2) is 42.5 Å². The van der Waals surface area contributed by atoms with Crippen LogP contribution in [0.4, 0.5) is 5.69 Å². The molecular weight excluding hydrogens is 374 g/mol. The first-order valence-electron chi connectivity index (χ1n) is 9.03. The third-order valence-electron chi connectivity index (χ3n) is 3.97. The number of ether oxygens (including phenoxy) is 1. The lowest BCUT2D eigenvalue weighted by Crippen LogP contribution is -2.34. The maximum Gasteiger partial charge on any atom is 0.257 e. The molecule has 0 unspecified atom stereocenters. The molecule has 0 aromatic heterocycles. The van der Waals surface area contributed by atoms with Gasteiger partial charge in [-0.3, -0.25) is 14.9 Å². The molecule has 0 atom stereocenters. The average Bonchev–Trinajstić information content (AvgIpc) is 2.67. The Balaban J connectivity index is 1.90. The van der Waals surface area contributed by atoms with E-state index in [2.05, 4.69) is 10.6 Å². The van der Waals surface area contributed by atoms with Gasteiger partial charge in [-0.25, -0.2) is 0 Å². The molecule has 2 aromatic rings. The minimum absolute atomic E-state index is 0.0801. The molecule has 2 amide bonds. The number of hydrogen-bond acceptors (Lipinski definition) is 4. The van der Waals surface area contributed by atoms with Crippen LogP contribution in [0.5, 0.6) is 5.75 Å². The second-order valence-corrected chi connectivity index (χ2v) is 6.76. The van der Waals surface area contributed by atoms with Crippen LogP contribution in [0.2, 0.25) is 0 Å². The second kappa shape index (κ2) is 10.4. The van der Waals surface area contributed by atoms with E-state index in [0.717, 1.165) is 11.3 Å². The van der Waals surface area contributed by atoms with E-state index in [1.54, 1.807) is 43.3 Å². The van der Waals surface area contributed by atoms with Gasteiger partial charge in [-0.05, 0) is 67.5 Å². The first-order valence-corrected chi connectivity index (χ1v) is 9.44. The van der Waals surface area contributed by atoms with Gasteiger partial charge in [0.15, 0.2) is 5.11 Å². The van der Waals surface area contributed by atoms with Crippen molar-refractivity contribution >= 4 is 34.8 Å². The molecule has 2 rings (SSSR count). The molecule has 7 heteroatoms. The van der Waals surface area contributed by atoms with Gasteiger partial charge in [0, 0.05) is 31.8 Å². The van der Waals surface area contributed by atoms with Crippen LogP contribution in [0, 0.1) is 0 Å². The first kappa shape index (κ1) is 21.4. The van der Waals surface area contributed by atoms with Crippen LogP contribution in [0.1, 0.15) is 29.3 Å². The molecule has 0 bridgehead atoms. The number of benzene rings is 2. The van der Waals surface area contributed by atoms with Gasteiger partial charge in [-0.2, -0.15) is 0 Å². The molecule has 0 radical (unpaired) electrons. The molecule has 0 saturated carbocycles. The Labute approximate surface area is 170 Å². The highest BCUT2D eigenvalue weighted by Gasteiger charge is 2.09. The van der Waals surface area contributed by atoms with E-state index in [9.17, 15) is 9.59 Å². The van der Waals surface area contributed by atoms with Crippen LogP contribution in [-0.2, 0) is 11.2 Å². The zero-order valence-electron chi connectivity index (χ0n) is 16.3. The van der Waals surface area contributed by atoms with Gasteiger partial charge in [0.25, 0.3) is 5.91 Å². The van der Waals surface area contributed by atoms with Crippen molar-refractivity contribution in [1.82, 2.24) is 10.2 Å². The van der Waals surface area contributed by atoms with E-state index < -0.39 is 0 Å². The Morgan fingerprint density at radius 3 is 2.46 bits per heavy atom. The monoisotopic (exact) mass is 399 g/mol. The number of nitrogens with one attached hydrogen (secondary N) is 2.